The van der Waals surface area contributed by atoms with Crippen LogP contribution in [0.15, 0.2) is 47.6 Å². The SMILES string of the molecule is COc1ccc(CN(C(=O)CSc2nnnn2-c2ccc(C)c(C)c2)C2CC2)cc1. The van der Waals surface area contributed by atoms with Crippen LogP contribution in [0.3, 0.4) is 0 Å². The minimum atomic E-state index is 0.105. The van der Waals surface area contributed by atoms with E-state index in [1.54, 1.807) is 11.8 Å². The van der Waals surface area contributed by atoms with E-state index in [1.807, 2.05) is 35.2 Å². The van der Waals surface area contributed by atoms with Crippen molar-refractivity contribution in [2.75, 3.05) is 12.9 Å². The summed E-state index contributed by atoms with van der Waals surface area (Å²) >= 11 is 1.37. The lowest BCUT2D eigenvalue weighted by Crippen LogP contribution is -2.34. The summed E-state index contributed by atoms with van der Waals surface area (Å²) in [4.78, 5) is 15.0. The van der Waals surface area contributed by atoms with E-state index in [0.29, 0.717) is 23.5 Å². The van der Waals surface area contributed by atoms with Crippen LogP contribution in [-0.4, -0.2) is 49.9 Å². The standard InChI is InChI=1S/C22H25N5O2S/c1-15-4-7-19(12-16(15)2)27-22(23-24-25-27)30-14-21(28)26(18-8-9-18)13-17-5-10-20(29-3)11-6-17/h4-7,10-12,18H,8-9,13-14H2,1-3H3. The Labute approximate surface area is 180 Å². The van der Waals surface area contributed by atoms with E-state index in [-0.39, 0.29) is 5.91 Å². The number of hydrogen-bond acceptors (Lipinski definition) is 6. The van der Waals surface area contributed by atoms with Crippen molar-refractivity contribution in [2.24, 2.45) is 0 Å². The minimum Gasteiger partial charge on any atom is -0.497 e. The van der Waals surface area contributed by atoms with Gasteiger partial charge in [0.05, 0.1) is 18.6 Å². The fraction of sp³-hybridized carbons (Fsp3) is 0.364. The zero-order chi connectivity index (χ0) is 21.1. The average molecular weight is 424 g/mol. The van der Waals surface area contributed by atoms with E-state index >= 15 is 0 Å². The molecule has 0 N–H and O–H groups in total. The number of aryl methyl sites for hydroxylation is 2. The molecule has 30 heavy (non-hydrogen) atoms. The summed E-state index contributed by atoms with van der Waals surface area (Å²) < 4.78 is 6.91. The molecule has 1 fully saturated rings. The smallest absolute Gasteiger partial charge is 0.233 e. The van der Waals surface area contributed by atoms with Crippen LogP contribution < -0.4 is 4.74 Å². The number of carbonyl (C=O) groups excluding carboxylic acids is 1. The molecule has 8 heteroatoms. The van der Waals surface area contributed by atoms with Crippen molar-refractivity contribution in [3.8, 4) is 11.4 Å². The molecule has 0 atom stereocenters. The van der Waals surface area contributed by atoms with Crippen LogP contribution in [-0.2, 0) is 11.3 Å². The summed E-state index contributed by atoms with van der Waals surface area (Å²) in [5, 5.41) is 12.7. The normalized spacial score (nSPS) is 13.3. The number of nitrogens with zero attached hydrogens (tertiary/aromatic N) is 5. The van der Waals surface area contributed by atoms with Gasteiger partial charge >= 0.3 is 0 Å². The zero-order valence-corrected chi connectivity index (χ0v) is 18.2. The van der Waals surface area contributed by atoms with Gasteiger partial charge in [0.2, 0.25) is 11.1 Å². The number of aromatic nitrogens is 4. The highest BCUT2D eigenvalue weighted by molar-refractivity contribution is 7.99. The molecule has 7 nitrogen and oxygen atoms in total. The summed E-state index contributed by atoms with van der Waals surface area (Å²) in [5.74, 6) is 1.22. The molecule has 0 radical (unpaired) electrons. The predicted octanol–water partition coefficient (Wildman–Crippen LogP) is 3.57. The van der Waals surface area contributed by atoms with Gasteiger partial charge in [-0.25, -0.2) is 0 Å². The lowest BCUT2D eigenvalue weighted by molar-refractivity contribution is -0.129. The second-order valence-corrected chi connectivity index (χ2v) is 8.47. The molecule has 1 heterocycles. The molecule has 1 amide bonds. The van der Waals surface area contributed by atoms with Crippen LogP contribution in [0, 0.1) is 13.8 Å². The van der Waals surface area contributed by atoms with Crippen molar-refractivity contribution >= 4 is 17.7 Å². The third-order valence-electron chi connectivity index (χ3n) is 5.32. The van der Waals surface area contributed by atoms with Gasteiger partial charge < -0.3 is 9.64 Å². The molecule has 2 aromatic carbocycles. The molecule has 1 saturated carbocycles. The number of carbonyl (C=O) groups is 1. The fourth-order valence-corrected chi connectivity index (χ4v) is 4.01. The third-order valence-corrected chi connectivity index (χ3v) is 6.22. The van der Waals surface area contributed by atoms with E-state index in [1.165, 1.54) is 22.9 Å². The van der Waals surface area contributed by atoms with Gasteiger partial charge in [0.25, 0.3) is 0 Å². The molecule has 3 aromatic rings. The van der Waals surface area contributed by atoms with Crippen molar-refractivity contribution in [1.29, 1.82) is 0 Å². The largest absolute Gasteiger partial charge is 0.497 e. The Bertz CT molecular complexity index is 1030. The maximum atomic E-state index is 13.0. The molecule has 0 spiro atoms. The predicted molar refractivity (Wildman–Crippen MR) is 116 cm³/mol. The van der Waals surface area contributed by atoms with Gasteiger partial charge in [0.1, 0.15) is 5.75 Å². The summed E-state index contributed by atoms with van der Waals surface area (Å²) in [6.45, 7) is 4.74. The van der Waals surface area contributed by atoms with Gasteiger partial charge in [-0.15, -0.1) is 5.10 Å². The number of rotatable bonds is 8. The minimum absolute atomic E-state index is 0.105. The number of thioether (sulfide) groups is 1. The number of tetrazole rings is 1. The first-order valence-corrected chi connectivity index (χ1v) is 10.9. The summed E-state index contributed by atoms with van der Waals surface area (Å²) in [5.41, 5.74) is 4.39. The molecule has 1 aromatic heterocycles. The quantitative estimate of drug-likeness (QED) is 0.516. The van der Waals surface area contributed by atoms with Crippen molar-refractivity contribution in [3.05, 3.63) is 59.2 Å². The van der Waals surface area contributed by atoms with Crippen LogP contribution in [0.25, 0.3) is 5.69 Å². The van der Waals surface area contributed by atoms with Crippen LogP contribution >= 0.6 is 11.8 Å². The van der Waals surface area contributed by atoms with E-state index in [9.17, 15) is 4.79 Å². The molecule has 156 valence electrons. The van der Waals surface area contributed by atoms with Gasteiger partial charge in [-0.2, -0.15) is 4.68 Å². The number of hydrogen-bond donors (Lipinski definition) is 0. The molecule has 1 aliphatic rings. The molecule has 0 unspecified atom stereocenters. The summed E-state index contributed by atoms with van der Waals surface area (Å²) in [7, 11) is 1.65. The van der Waals surface area contributed by atoms with E-state index < -0.39 is 0 Å². The number of methoxy groups -OCH3 is 1. The van der Waals surface area contributed by atoms with Crippen molar-refractivity contribution in [3.63, 3.8) is 0 Å². The lowest BCUT2D eigenvalue weighted by Gasteiger charge is -2.22. The lowest BCUT2D eigenvalue weighted by atomic mass is 10.1. The van der Waals surface area contributed by atoms with Gasteiger partial charge in [0, 0.05) is 12.6 Å². The second kappa shape index (κ2) is 8.87. The Morgan fingerprint density at radius 2 is 1.93 bits per heavy atom. The highest BCUT2D eigenvalue weighted by Crippen LogP contribution is 2.30. The monoisotopic (exact) mass is 423 g/mol. The zero-order valence-electron chi connectivity index (χ0n) is 17.4. The molecule has 1 aliphatic carbocycles. The maximum absolute atomic E-state index is 13.0. The van der Waals surface area contributed by atoms with Crippen molar-refractivity contribution in [1.82, 2.24) is 25.1 Å². The molecule has 4 rings (SSSR count). The Kier molecular flexibility index (Phi) is 6.03. The van der Waals surface area contributed by atoms with Crippen LogP contribution in [0.1, 0.15) is 29.5 Å². The van der Waals surface area contributed by atoms with E-state index in [0.717, 1.165) is 29.8 Å². The number of benzene rings is 2. The first kappa shape index (κ1) is 20.4. The van der Waals surface area contributed by atoms with Crippen LogP contribution in [0.4, 0.5) is 0 Å². The summed E-state index contributed by atoms with van der Waals surface area (Å²) in [6, 6.07) is 14.3. The maximum Gasteiger partial charge on any atom is 0.233 e. The molecule has 0 aliphatic heterocycles. The molecular formula is C22H25N5O2S. The number of ether oxygens (including phenoxy) is 1. The number of amides is 1. The molecular weight excluding hydrogens is 398 g/mol. The van der Waals surface area contributed by atoms with Gasteiger partial charge in [0.15, 0.2) is 0 Å². The Morgan fingerprint density at radius 1 is 1.17 bits per heavy atom. The topological polar surface area (TPSA) is 73.1 Å². The van der Waals surface area contributed by atoms with Crippen LogP contribution in [0.5, 0.6) is 5.75 Å². The Balaban J connectivity index is 1.43. The van der Waals surface area contributed by atoms with Crippen molar-refractivity contribution in [2.45, 2.75) is 44.4 Å². The first-order valence-electron chi connectivity index (χ1n) is 9.96. The van der Waals surface area contributed by atoms with Gasteiger partial charge in [-0.05, 0) is 78.1 Å². The van der Waals surface area contributed by atoms with E-state index in [2.05, 4.69) is 41.5 Å². The fourth-order valence-electron chi connectivity index (χ4n) is 3.23. The molecule has 0 bridgehead atoms. The highest BCUT2D eigenvalue weighted by Gasteiger charge is 2.32. The first-order chi connectivity index (χ1) is 14.5. The van der Waals surface area contributed by atoms with Crippen molar-refractivity contribution < 1.29 is 9.53 Å². The Morgan fingerprint density at radius 3 is 2.60 bits per heavy atom. The summed E-state index contributed by atoms with van der Waals surface area (Å²) in [6.07, 6.45) is 2.12. The highest BCUT2D eigenvalue weighted by atomic mass is 32.2. The average Bonchev–Trinajstić information content (AvgIpc) is 3.49. The van der Waals surface area contributed by atoms with Gasteiger partial charge in [-0.3, -0.25) is 4.79 Å². The van der Waals surface area contributed by atoms with E-state index in [4.69, 9.17) is 4.74 Å². The molecule has 0 saturated heterocycles. The third kappa shape index (κ3) is 4.64. The second-order valence-electron chi connectivity index (χ2n) is 7.53. The van der Waals surface area contributed by atoms with Gasteiger partial charge in [-0.1, -0.05) is 30.0 Å². The van der Waals surface area contributed by atoms with Crippen LogP contribution in [0.2, 0.25) is 0 Å². The Hall–Kier alpha value is -2.87.